The number of piperazine rings is 1. The van der Waals surface area contributed by atoms with Gasteiger partial charge in [-0.25, -0.2) is 0 Å². The summed E-state index contributed by atoms with van der Waals surface area (Å²) in [5.74, 6) is -0.161. The number of halogens is 1. The summed E-state index contributed by atoms with van der Waals surface area (Å²) in [5, 5.41) is 23.6. The number of nitrogens with one attached hydrogen (secondary N) is 1. The molecule has 1 N–H and O–H groups in total. The van der Waals surface area contributed by atoms with Crippen LogP contribution < -0.4 is 10.2 Å². The normalized spacial score (nSPS) is 14.4. The van der Waals surface area contributed by atoms with Gasteiger partial charge in [-0.05, 0) is 24.3 Å². The maximum atomic E-state index is 12.3. The summed E-state index contributed by atoms with van der Waals surface area (Å²) in [6, 6.07) is 13.4. The van der Waals surface area contributed by atoms with Crippen LogP contribution in [0.15, 0.2) is 42.5 Å². The van der Waals surface area contributed by atoms with Gasteiger partial charge in [-0.2, -0.15) is 5.26 Å². The first-order valence-corrected chi connectivity index (χ1v) is 9.06. The number of nitrogens with zero attached hydrogens (tertiary/aromatic N) is 4. The highest BCUT2D eigenvalue weighted by molar-refractivity contribution is 6.33. The van der Waals surface area contributed by atoms with E-state index >= 15 is 0 Å². The summed E-state index contributed by atoms with van der Waals surface area (Å²) >= 11 is 6.05. The van der Waals surface area contributed by atoms with Gasteiger partial charge in [-0.3, -0.25) is 19.8 Å². The van der Waals surface area contributed by atoms with Gasteiger partial charge in [-0.15, -0.1) is 0 Å². The number of amides is 1. The van der Waals surface area contributed by atoms with E-state index < -0.39 is 4.92 Å². The molecule has 0 aliphatic carbocycles. The van der Waals surface area contributed by atoms with E-state index in [-0.39, 0.29) is 23.7 Å². The summed E-state index contributed by atoms with van der Waals surface area (Å²) < 4.78 is 0. The molecule has 0 aromatic heterocycles. The van der Waals surface area contributed by atoms with Gasteiger partial charge in [0, 0.05) is 32.2 Å². The molecule has 0 atom stereocenters. The molecule has 0 unspecified atom stereocenters. The number of carbonyl (C=O) groups excluding carboxylic acids is 1. The Labute approximate surface area is 167 Å². The Morgan fingerprint density at radius 1 is 1.21 bits per heavy atom. The largest absolute Gasteiger partial charge is 0.363 e. The Bertz CT molecular complexity index is 935. The molecule has 0 radical (unpaired) electrons. The molecule has 2 aromatic carbocycles. The van der Waals surface area contributed by atoms with Crippen molar-refractivity contribution in [1.82, 2.24) is 4.90 Å². The quantitative estimate of drug-likeness (QED) is 0.612. The number of para-hydroxylation sites is 1. The van der Waals surface area contributed by atoms with E-state index in [4.69, 9.17) is 16.9 Å². The van der Waals surface area contributed by atoms with E-state index in [2.05, 4.69) is 5.32 Å². The van der Waals surface area contributed by atoms with E-state index in [1.54, 1.807) is 36.4 Å². The van der Waals surface area contributed by atoms with Gasteiger partial charge in [0.2, 0.25) is 5.91 Å². The monoisotopic (exact) mass is 399 g/mol. The molecule has 0 saturated carbocycles. The summed E-state index contributed by atoms with van der Waals surface area (Å²) in [4.78, 5) is 27.0. The van der Waals surface area contributed by atoms with E-state index in [0.29, 0.717) is 42.6 Å². The maximum Gasteiger partial charge on any atom is 0.293 e. The smallest absolute Gasteiger partial charge is 0.293 e. The number of carbonyl (C=O) groups is 1. The lowest BCUT2D eigenvalue weighted by molar-refractivity contribution is -0.384. The van der Waals surface area contributed by atoms with Crippen LogP contribution in [-0.2, 0) is 4.79 Å². The van der Waals surface area contributed by atoms with Crippen molar-refractivity contribution in [3.8, 4) is 6.07 Å². The average Bonchev–Trinajstić information content (AvgIpc) is 2.70. The fourth-order valence-electron chi connectivity index (χ4n) is 3.11. The zero-order valence-electron chi connectivity index (χ0n) is 15.0. The number of nitro benzene ring substituents is 1. The molecular formula is C19H18ClN5O3. The zero-order chi connectivity index (χ0) is 20.1. The highest BCUT2D eigenvalue weighted by Gasteiger charge is 2.25. The number of nitro groups is 1. The molecule has 28 heavy (non-hydrogen) atoms. The van der Waals surface area contributed by atoms with Crippen molar-refractivity contribution < 1.29 is 9.72 Å². The molecule has 3 rings (SSSR count). The second-order valence-corrected chi connectivity index (χ2v) is 6.77. The van der Waals surface area contributed by atoms with Gasteiger partial charge in [0.15, 0.2) is 0 Å². The van der Waals surface area contributed by atoms with Crippen molar-refractivity contribution >= 4 is 34.6 Å². The molecule has 0 bridgehead atoms. The minimum atomic E-state index is -0.473. The van der Waals surface area contributed by atoms with Crippen molar-refractivity contribution in [2.45, 2.75) is 0 Å². The molecule has 9 heteroatoms. The lowest BCUT2D eigenvalue weighted by Gasteiger charge is -2.35. The van der Waals surface area contributed by atoms with Crippen molar-refractivity contribution in [3.05, 3.63) is 63.2 Å². The van der Waals surface area contributed by atoms with Crippen molar-refractivity contribution in [2.75, 3.05) is 42.9 Å². The van der Waals surface area contributed by atoms with Crippen molar-refractivity contribution in [3.63, 3.8) is 0 Å². The standard InChI is InChI=1S/C19H18ClN5O3/c20-15-3-1-2-4-16(15)22-19(26)13-23-7-9-24(10-8-23)17-6-5-14(12-21)11-18(17)25(27)28/h1-6,11H,7-10,13H2,(H,22,26). The molecular weight excluding hydrogens is 382 g/mol. The minimum absolute atomic E-state index is 0.0797. The van der Waals surface area contributed by atoms with Crippen LogP contribution in [0.2, 0.25) is 5.02 Å². The fourth-order valence-corrected chi connectivity index (χ4v) is 3.29. The molecule has 1 heterocycles. The van der Waals surface area contributed by atoms with Crippen LogP contribution in [0.25, 0.3) is 0 Å². The van der Waals surface area contributed by atoms with Gasteiger partial charge in [0.25, 0.3) is 5.69 Å². The minimum Gasteiger partial charge on any atom is -0.363 e. The van der Waals surface area contributed by atoms with Gasteiger partial charge in [-0.1, -0.05) is 23.7 Å². The molecule has 0 spiro atoms. The average molecular weight is 400 g/mol. The lowest BCUT2D eigenvalue weighted by Crippen LogP contribution is -2.48. The van der Waals surface area contributed by atoms with Gasteiger partial charge in [0.05, 0.1) is 33.8 Å². The van der Waals surface area contributed by atoms with E-state index in [9.17, 15) is 14.9 Å². The van der Waals surface area contributed by atoms with E-state index in [1.807, 2.05) is 15.9 Å². The third kappa shape index (κ3) is 4.57. The van der Waals surface area contributed by atoms with Crippen LogP contribution in [0, 0.1) is 21.4 Å². The first-order valence-electron chi connectivity index (χ1n) is 8.68. The Morgan fingerprint density at radius 2 is 1.93 bits per heavy atom. The predicted molar refractivity (Wildman–Crippen MR) is 107 cm³/mol. The maximum absolute atomic E-state index is 12.3. The highest BCUT2D eigenvalue weighted by Crippen LogP contribution is 2.30. The summed E-state index contributed by atoms with van der Waals surface area (Å²) in [7, 11) is 0. The Morgan fingerprint density at radius 3 is 2.57 bits per heavy atom. The first-order chi connectivity index (χ1) is 13.5. The topological polar surface area (TPSA) is 103 Å². The number of hydrogen-bond donors (Lipinski definition) is 1. The molecule has 2 aromatic rings. The predicted octanol–water partition coefficient (Wildman–Crippen LogP) is 2.88. The Hall–Kier alpha value is -3.15. The van der Waals surface area contributed by atoms with Gasteiger partial charge >= 0.3 is 0 Å². The SMILES string of the molecule is N#Cc1ccc(N2CCN(CC(=O)Nc3ccccc3Cl)CC2)c([N+](=O)[O-])c1. The van der Waals surface area contributed by atoms with Gasteiger partial charge in [0.1, 0.15) is 5.69 Å². The molecule has 8 nitrogen and oxygen atoms in total. The molecule has 144 valence electrons. The van der Waals surface area contributed by atoms with Crippen LogP contribution in [0.5, 0.6) is 0 Å². The van der Waals surface area contributed by atoms with Crippen LogP contribution >= 0.6 is 11.6 Å². The third-order valence-electron chi connectivity index (χ3n) is 4.53. The zero-order valence-corrected chi connectivity index (χ0v) is 15.7. The summed E-state index contributed by atoms with van der Waals surface area (Å²) in [5.41, 5.74) is 1.24. The van der Waals surface area contributed by atoms with Crippen LogP contribution in [0.1, 0.15) is 5.56 Å². The number of nitriles is 1. The van der Waals surface area contributed by atoms with Crippen LogP contribution in [-0.4, -0.2) is 48.5 Å². The molecule has 1 aliphatic heterocycles. The first kappa shape index (κ1) is 19.6. The lowest BCUT2D eigenvalue weighted by atomic mass is 10.1. The number of hydrogen-bond acceptors (Lipinski definition) is 6. The number of anilines is 2. The van der Waals surface area contributed by atoms with E-state index in [0.717, 1.165) is 0 Å². The third-order valence-corrected chi connectivity index (χ3v) is 4.86. The molecule has 1 fully saturated rings. The second-order valence-electron chi connectivity index (χ2n) is 6.36. The summed E-state index contributed by atoms with van der Waals surface area (Å²) in [6.45, 7) is 2.49. The van der Waals surface area contributed by atoms with Crippen LogP contribution in [0.4, 0.5) is 17.1 Å². The van der Waals surface area contributed by atoms with Gasteiger partial charge < -0.3 is 10.2 Å². The molecule has 1 aliphatic rings. The van der Waals surface area contributed by atoms with Crippen LogP contribution in [0.3, 0.4) is 0 Å². The summed E-state index contributed by atoms with van der Waals surface area (Å²) in [6.07, 6.45) is 0. The molecule has 1 amide bonds. The fraction of sp³-hybridized carbons (Fsp3) is 0.263. The Balaban J connectivity index is 1.59. The van der Waals surface area contributed by atoms with E-state index in [1.165, 1.54) is 6.07 Å². The number of rotatable bonds is 5. The van der Waals surface area contributed by atoms with Crippen molar-refractivity contribution in [2.24, 2.45) is 0 Å². The second kappa shape index (κ2) is 8.69. The highest BCUT2D eigenvalue weighted by atomic mass is 35.5. The Kier molecular flexibility index (Phi) is 6.09. The molecule has 1 saturated heterocycles. The number of benzene rings is 2. The van der Waals surface area contributed by atoms with Crippen molar-refractivity contribution in [1.29, 1.82) is 5.26 Å².